The number of hydrogen-bond acceptors (Lipinski definition) is 5. The SMILES string of the molecule is CCOC(=O)c1ccc(NC(=O)/C(C#N)=C/c2ccc(OCc3ccc(F)cc3)c(Br)c2)cc1. The zero-order chi connectivity index (χ0) is 24.5. The summed E-state index contributed by atoms with van der Waals surface area (Å²) in [6.45, 7) is 2.25. The maximum absolute atomic E-state index is 13.0. The van der Waals surface area contributed by atoms with E-state index in [4.69, 9.17) is 9.47 Å². The van der Waals surface area contributed by atoms with Crippen molar-refractivity contribution in [1.82, 2.24) is 0 Å². The number of esters is 1. The third-order valence-electron chi connectivity index (χ3n) is 4.59. The van der Waals surface area contributed by atoms with E-state index in [0.717, 1.165) is 5.56 Å². The highest BCUT2D eigenvalue weighted by molar-refractivity contribution is 9.10. The Bertz CT molecular complexity index is 1250. The topological polar surface area (TPSA) is 88.4 Å². The van der Waals surface area contributed by atoms with Crippen LogP contribution in [0, 0.1) is 17.1 Å². The number of anilines is 1. The summed E-state index contributed by atoms with van der Waals surface area (Å²) in [5.41, 5.74) is 2.13. The van der Waals surface area contributed by atoms with E-state index in [1.54, 1.807) is 49.4 Å². The molecule has 0 radical (unpaired) electrons. The molecule has 3 rings (SSSR count). The molecule has 3 aromatic rings. The van der Waals surface area contributed by atoms with Gasteiger partial charge in [0.05, 0.1) is 16.6 Å². The Kier molecular flexibility index (Phi) is 8.54. The minimum Gasteiger partial charge on any atom is -0.488 e. The molecule has 0 saturated carbocycles. The van der Waals surface area contributed by atoms with Gasteiger partial charge >= 0.3 is 5.97 Å². The van der Waals surface area contributed by atoms with Crippen molar-refractivity contribution >= 4 is 39.6 Å². The number of carbonyl (C=O) groups excluding carboxylic acids is 2. The molecule has 0 unspecified atom stereocenters. The normalized spacial score (nSPS) is 10.8. The molecule has 0 heterocycles. The Morgan fingerprint density at radius 3 is 2.41 bits per heavy atom. The Hall–Kier alpha value is -3.96. The van der Waals surface area contributed by atoms with Crippen molar-refractivity contribution in [2.24, 2.45) is 0 Å². The molecule has 0 spiro atoms. The van der Waals surface area contributed by atoms with E-state index in [1.165, 1.54) is 30.3 Å². The number of rotatable bonds is 8. The van der Waals surface area contributed by atoms with Gasteiger partial charge in [-0.3, -0.25) is 4.79 Å². The molecule has 0 bridgehead atoms. The van der Waals surface area contributed by atoms with Gasteiger partial charge in [-0.15, -0.1) is 0 Å². The van der Waals surface area contributed by atoms with E-state index in [2.05, 4.69) is 21.2 Å². The van der Waals surface area contributed by atoms with E-state index in [1.807, 2.05) is 6.07 Å². The van der Waals surface area contributed by atoms with Crippen LogP contribution in [0.25, 0.3) is 6.08 Å². The standard InChI is InChI=1S/C26H20BrFN2O4/c1-2-33-26(32)19-6-10-22(11-7-19)30-25(31)20(15-29)13-18-5-12-24(23(27)14-18)34-16-17-3-8-21(28)9-4-17/h3-14H,2,16H2,1H3,(H,30,31)/b20-13+. The van der Waals surface area contributed by atoms with E-state index in [0.29, 0.717) is 27.0 Å². The fourth-order valence-electron chi connectivity index (χ4n) is 2.88. The average molecular weight is 523 g/mol. The van der Waals surface area contributed by atoms with Crippen LogP contribution in [0.5, 0.6) is 5.75 Å². The van der Waals surface area contributed by atoms with Gasteiger partial charge < -0.3 is 14.8 Å². The molecule has 0 aliphatic rings. The van der Waals surface area contributed by atoms with Crippen molar-refractivity contribution in [2.45, 2.75) is 13.5 Å². The molecular weight excluding hydrogens is 503 g/mol. The summed E-state index contributed by atoms with van der Waals surface area (Å²) >= 11 is 3.43. The summed E-state index contributed by atoms with van der Waals surface area (Å²) < 4.78 is 24.3. The second-order valence-corrected chi connectivity index (χ2v) is 7.88. The first kappa shape index (κ1) is 24.7. The molecule has 1 N–H and O–H groups in total. The van der Waals surface area contributed by atoms with Gasteiger partial charge in [0.2, 0.25) is 0 Å². The van der Waals surface area contributed by atoms with Gasteiger partial charge in [0.15, 0.2) is 0 Å². The molecule has 0 aliphatic heterocycles. The van der Waals surface area contributed by atoms with Crippen molar-refractivity contribution in [1.29, 1.82) is 5.26 Å². The van der Waals surface area contributed by atoms with Crippen LogP contribution in [-0.4, -0.2) is 18.5 Å². The molecule has 8 heteroatoms. The van der Waals surface area contributed by atoms with Gasteiger partial charge in [-0.1, -0.05) is 18.2 Å². The van der Waals surface area contributed by atoms with Crippen molar-refractivity contribution < 1.29 is 23.5 Å². The Balaban J connectivity index is 1.66. The molecule has 0 atom stereocenters. The van der Waals surface area contributed by atoms with Gasteiger partial charge in [0.1, 0.15) is 29.8 Å². The predicted octanol–water partition coefficient (Wildman–Crippen LogP) is 5.89. The number of hydrogen-bond donors (Lipinski definition) is 1. The van der Waals surface area contributed by atoms with Crippen LogP contribution in [0.1, 0.15) is 28.4 Å². The molecule has 3 aromatic carbocycles. The molecule has 34 heavy (non-hydrogen) atoms. The highest BCUT2D eigenvalue weighted by Gasteiger charge is 2.12. The number of nitrogens with one attached hydrogen (secondary N) is 1. The number of amides is 1. The van der Waals surface area contributed by atoms with Crippen molar-refractivity contribution in [2.75, 3.05) is 11.9 Å². The lowest BCUT2D eigenvalue weighted by Gasteiger charge is -2.09. The second-order valence-electron chi connectivity index (χ2n) is 7.03. The van der Waals surface area contributed by atoms with Crippen molar-refractivity contribution in [3.63, 3.8) is 0 Å². The molecule has 0 aliphatic carbocycles. The summed E-state index contributed by atoms with van der Waals surface area (Å²) in [5, 5.41) is 12.1. The van der Waals surface area contributed by atoms with Gasteiger partial charge in [-0.05, 0) is 88.6 Å². The van der Waals surface area contributed by atoms with E-state index >= 15 is 0 Å². The number of carbonyl (C=O) groups is 2. The molecule has 0 saturated heterocycles. The van der Waals surface area contributed by atoms with Crippen LogP contribution < -0.4 is 10.1 Å². The summed E-state index contributed by atoms with van der Waals surface area (Å²) in [6, 6.07) is 19.2. The van der Waals surface area contributed by atoms with Crippen molar-refractivity contribution in [3.05, 3.63) is 99.3 Å². The van der Waals surface area contributed by atoms with Gasteiger partial charge in [0, 0.05) is 5.69 Å². The van der Waals surface area contributed by atoms with Crippen LogP contribution in [0.3, 0.4) is 0 Å². The fraction of sp³-hybridized carbons (Fsp3) is 0.115. The lowest BCUT2D eigenvalue weighted by Crippen LogP contribution is -2.13. The van der Waals surface area contributed by atoms with Crippen molar-refractivity contribution in [3.8, 4) is 11.8 Å². The molecular formula is C26H20BrFN2O4. The van der Waals surface area contributed by atoms with Gasteiger partial charge in [0.25, 0.3) is 5.91 Å². The molecule has 0 fully saturated rings. The number of ether oxygens (including phenoxy) is 2. The lowest BCUT2D eigenvalue weighted by atomic mass is 10.1. The monoisotopic (exact) mass is 522 g/mol. The minimum atomic E-state index is -0.584. The smallest absolute Gasteiger partial charge is 0.338 e. The predicted molar refractivity (Wildman–Crippen MR) is 129 cm³/mol. The Morgan fingerprint density at radius 2 is 1.79 bits per heavy atom. The maximum Gasteiger partial charge on any atom is 0.338 e. The van der Waals surface area contributed by atoms with Crippen LogP contribution in [0.4, 0.5) is 10.1 Å². The Labute approximate surface area is 204 Å². The minimum absolute atomic E-state index is 0.0960. The highest BCUT2D eigenvalue weighted by atomic mass is 79.9. The van der Waals surface area contributed by atoms with Crippen LogP contribution in [0.2, 0.25) is 0 Å². The number of benzene rings is 3. The van der Waals surface area contributed by atoms with E-state index < -0.39 is 11.9 Å². The number of nitrogens with zero attached hydrogens (tertiary/aromatic N) is 1. The Morgan fingerprint density at radius 1 is 1.09 bits per heavy atom. The van der Waals surface area contributed by atoms with Gasteiger partial charge in [-0.25, -0.2) is 9.18 Å². The third kappa shape index (κ3) is 6.77. The largest absolute Gasteiger partial charge is 0.488 e. The summed E-state index contributed by atoms with van der Waals surface area (Å²) in [7, 11) is 0. The zero-order valence-corrected chi connectivity index (χ0v) is 19.8. The summed E-state index contributed by atoms with van der Waals surface area (Å²) in [5.74, 6) is -0.786. The molecule has 1 amide bonds. The average Bonchev–Trinajstić information content (AvgIpc) is 2.83. The van der Waals surface area contributed by atoms with E-state index in [9.17, 15) is 19.2 Å². The first-order valence-corrected chi connectivity index (χ1v) is 11.1. The third-order valence-corrected chi connectivity index (χ3v) is 5.21. The molecule has 0 aromatic heterocycles. The number of nitriles is 1. The highest BCUT2D eigenvalue weighted by Crippen LogP contribution is 2.28. The second kappa shape index (κ2) is 11.8. The van der Waals surface area contributed by atoms with Gasteiger partial charge in [-0.2, -0.15) is 5.26 Å². The first-order valence-electron chi connectivity index (χ1n) is 10.3. The summed E-state index contributed by atoms with van der Waals surface area (Å²) in [4.78, 5) is 24.3. The fourth-order valence-corrected chi connectivity index (χ4v) is 3.39. The first-order chi connectivity index (χ1) is 16.4. The number of halogens is 2. The molecule has 172 valence electrons. The maximum atomic E-state index is 13.0. The van der Waals surface area contributed by atoms with Crippen LogP contribution >= 0.6 is 15.9 Å². The molecule has 6 nitrogen and oxygen atoms in total. The van der Waals surface area contributed by atoms with Crippen LogP contribution in [-0.2, 0) is 16.1 Å². The van der Waals surface area contributed by atoms with E-state index in [-0.39, 0.29) is 24.6 Å². The lowest BCUT2D eigenvalue weighted by molar-refractivity contribution is -0.112. The summed E-state index contributed by atoms with van der Waals surface area (Å²) in [6.07, 6.45) is 1.46. The quantitative estimate of drug-likeness (QED) is 0.226. The zero-order valence-electron chi connectivity index (χ0n) is 18.2. The van der Waals surface area contributed by atoms with Crippen LogP contribution in [0.15, 0.2) is 76.8 Å².